The standard InChI is InChI=1S/C32H23NO4/c1-19-11-15-26(33-18-19)31-30(23-8-3-4-9-24(23)32(35)37-31)29-25-17-21(13-12-20(25)14-16-27(29)34)22-7-5-6-10-28(22)36-2/h3-18,34H,1-2H3. The van der Waals surface area contributed by atoms with E-state index in [0.717, 1.165) is 33.2 Å². The zero-order chi connectivity index (χ0) is 25.5. The fourth-order valence-electron chi connectivity index (χ4n) is 4.85. The van der Waals surface area contributed by atoms with Crippen LogP contribution in [0.5, 0.6) is 11.5 Å². The number of rotatable bonds is 4. The number of fused-ring (bicyclic) bond motifs is 2. The van der Waals surface area contributed by atoms with E-state index >= 15 is 0 Å². The molecule has 2 aromatic heterocycles. The van der Waals surface area contributed by atoms with Crippen molar-refractivity contribution in [2.24, 2.45) is 0 Å². The molecule has 1 N–H and O–H groups in total. The van der Waals surface area contributed by atoms with Crippen molar-refractivity contribution < 1.29 is 14.3 Å². The van der Waals surface area contributed by atoms with Gasteiger partial charge in [0.1, 0.15) is 17.2 Å². The first-order valence-electron chi connectivity index (χ1n) is 11.9. The molecule has 2 heterocycles. The predicted octanol–water partition coefficient (Wildman–Crippen LogP) is 7.36. The summed E-state index contributed by atoms with van der Waals surface area (Å²) < 4.78 is 11.5. The highest BCUT2D eigenvalue weighted by Gasteiger charge is 2.22. The maximum Gasteiger partial charge on any atom is 0.344 e. The Balaban J connectivity index is 1.74. The highest BCUT2D eigenvalue weighted by Crippen LogP contribution is 2.45. The lowest BCUT2D eigenvalue weighted by molar-refractivity contribution is 0.416. The van der Waals surface area contributed by atoms with E-state index in [1.165, 1.54) is 0 Å². The number of aromatic hydroxyl groups is 1. The smallest absolute Gasteiger partial charge is 0.344 e. The maximum absolute atomic E-state index is 13.0. The maximum atomic E-state index is 13.0. The molecule has 6 rings (SSSR count). The molecular formula is C32H23NO4. The van der Waals surface area contributed by atoms with Crippen LogP contribution < -0.4 is 10.4 Å². The van der Waals surface area contributed by atoms with Crippen LogP contribution in [-0.2, 0) is 0 Å². The Kier molecular flexibility index (Phi) is 5.46. The van der Waals surface area contributed by atoms with Crippen molar-refractivity contribution in [1.82, 2.24) is 4.98 Å². The van der Waals surface area contributed by atoms with Gasteiger partial charge in [-0.1, -0.05) is 60.7 Å². The molecule has 4 aromatic carbocycles. The molecule has 5 nitrogen and oxygen atoms in total. The molecule has 0 bridgehead atoms. The van der Waals surface area contributed by atoms with Crippen LogP contribution >= 0.6 is 0 Å². The molecule has 5 heteroatoms. The number of methoxy groups -OCH3 is 1. The number of ether oxygens (including phenoxy) is 1. The largest absolute Gasteiger partial charge is 0.507 e. The molecule has 0 spiro atoms. The Morgan fingerprint density at radius 2 is 1.57 bits per heavy atom. The molecule has 0 fully saturated rings. The van der Waals surface area contributed by atoms with E-state index in [9.17, 15) is 9.90 Å². The molecule has 180 valence electrons. The van der Waals surface area contributed by atoms with Gasteiger partial charge in [0.15, 0.2) is 5.76 Å². The molecule has 0 atom stereocenters. The molecular weight excluding hydrogens is 462 g/mol. The van der Waals surface area contributed by atoms with Crippen LogP contribution in [0.4, 0.5) is 0 Å². The Hall–Kier alpha value is -4.90. The van der Waals surface area contributed by atoms with Gasteiger partial charge in [-0.25, -0.2) is 4.79 Å². The van der Waals surface area contributed by atoms with E-state index in [0.29, 0.717) is 33.4 Å². The second kappa shape index (κ2) is 8.95. The molecule has 0 saturated carbocycles. The van der Waals surface area contributed by atoms with Crippen molar-refractivity contribution in [1.29, 1.82) is 0 Å². The van der Waals surface area contributed by atoms with E-state index in [4.69, 9.17) is 9.15 Å². The Bertz CT molecular complexity index is 1850. The summed E-state index contributed by atoms with van der Waals surface area (Å²) in [6.45, 7) is 1.95. The summed E-state index contributed by atoms with van der Waals surface area (Å²) in [5.74, 6) is 1.15. The third kappa shape index (κ3) is 3.81. The van der Waals surface area contributed by atoms with Crippen molar-refractivity contribution >= 4 is 21.5 Å². The Morgan fingerprint density at radius 1 is 0.811 bits per heavy atom. The topological polar surface area (TPSA) is 72.6 Å². The van der Waals surface area contributed by atoms with Gasteiger partial charge < -0.3 is 14.3 Å². The van der Waals surface area contributed by atoms with Gasteiger partial charge in [-0.05, 0) is 59.2 Å². The molecule has 0 radical (unpaired) electrons. The number of nitrogens with zero attached hydrogens (tertiary/aromatic N) is 1. The number of hydrogen-bond acceptors (Lipinski definition) is 5. The summed E-state index contributed by atoms with van der Waals surface area (Å²) in [6.07, 6.45) is 1.73. The van der Waals surface area contributed by atoms with Crippen LogP contribution in [0.2, 0.25) is 0 Å². The molecule has 0 amide bonds. The average Bonchev–Trinajstić information content (AvgIpc) is 2.94. The lowest BCUT2D eigenvalue weighted by Crippen LogP contribution is -2.04. The number of aromatic nitrogens is 1. The first kappa shape index (κ1) is 22.6. The molecule has 0 aliphatic rings. The summed E-state index contributed by atoms with van der Waals surface area (Å²) in [5.41, 5.74) is 4.12. The summed E-state index contributed by atoms with van der Waals surface area (Å²) in [5, 5.41) is 14.2. The first-order chi connectivity index (χ1) is 18.0. The molecule has 0 aliphatic carbocycles. The minimum Gasteiger partial charge on any atom is -0.507 e. The van der Waals surface area contributed by atoms with Crippen molar-refractivity contribution in [3.8, 4) is 45.2 Å². The monoisotopic (exact) mass is 485 g/mol. The van der Waals surface area contributed by atoms with E-state index in [1.54, 1.807) is 31.5 Å². The fraction of sp³-hybridized carbons (Fsp3) is 0.0625. The molecule has 37 heavy (non-hydrogen) atoms. The van der Waals surface area contributed by atoms with Gasteiger partial charge in [0, 0.05) is 28.3 Å². The fourth-order valence-corrected chi connectivity index (χ4v) is 4.85. The highest BCUT2D eigenvalue weighted by molar-refractivity contribution is 6.11. The quantitative estimate of drug-likeness (QED) is 0.282. The number of phenolic OH excluding ortho intramolecular Hbond substituents is 1. The Labute approximate surface area is 213 Å². The highest BCUT2D eigenvalue weighted by atomic mass is 16.5. The van der Waals surface area contributed by atoms with Crippen LogP contribution in [0.3, 0.4) is 0 Å². The zero-order valence-electron chi connectivity index (χ0n) is 20.4. The van der Waals surface area contributed by atoms with Crippen molar-refractivity contribution in [3.05, 3.63) is 113 Å². The van der Waals surface area contributed by atoms with Gasteiger partial charge in [0.2, 0.25) is 0 Å². The van der Waals surface area contributed by atoms with Crippen molar-refractivity contribution in [2.45, 2.75) is 6.92 Å². The molecule has 0 aliphatic heterocycles. The van der Waals surface area contributed by atoms with E-state index in [2.05, 4.69) is 4.98 Å². The average molecular weight is 486 g/mol. The minimum atomic E-state index is -0.453. The summed E-state index contributed by atoms with van der Waals surface area (Å²) in [7, 11) is 1.65. The van der Waals surface area contributed by atoms with E-state index in [-0.39, 0.29) is 5.75 Å². The number of pyridine rings is 1. The molecule has 0 unspecified atom stereocenters. The minimum absolute atomic E-state index is 0.0806. The van der Waals surface area contributed by atoms with E-state index in [1.807, 2.05) is 79.7 Å². The molecule has 0 saturated heterocycles. The number of phenols is 1. The Morgan fingerprint density at radius 3 is 2.35 bits per heavy atom. The third-order valence-corrected chi connectivity index (χ3v) is 6.65. The van der Waals surface area contributed by atoms with E-state index < -0.39 is 5.63 Å². The second-order valence-electron chi connectivity index (χ2n) is 8.96. The van der Waals surface area contributed by atoms with Gasteiger partial charge in [-0.15, -0.1) is 0 Å². The van der Waals surface area contributed by atoms with Gasteiger partial charge in [-0.3, -0.25) is 4.98 Å². The van der Waals surface area contributed by atoms with Crippen LogP contribution in [-0.4, -0.2) is 17.2 Å². The van der Waals surface area contributed by atoms with Crippen molar-refractivity contribution in [2.75, 3.05) is 7.11 Å². The summed E-state index contributed by atoms with van der Waals surface area (Å²) in [6, 6.07) is 28.5. The van der Waals surface area contributed by atoms with Crippen LogP contribution in [0, 0.1) is 6.92 Å². The number of hydrogen-bond donors (Lipinski definition) is 1. The normalized spacial score (nSPS) is 11.2. The third-order valence-electron chi connectivity index (χ3n) is 6.65. The SMILES string of the molecule is COc1ccccc1-c1ccc2ccc(O)c(-c3c(-c4ccc(C)cn4)oc(=O)c4ccccc34)c2c1. The van der Waals surface area contributed by atoms with Crippen LogP contribution in [0.15, 0.2) is 106 Å². The zero-order valence-corrected chi connectivity index (χ0v) is 20.4. The van der Waals surface area contributed by atoms with Crippen molar-refractivity contribution in [3.63, 3.8) is 0 Å². The summed E-state index contributed by atoms with van der Waals surface area (Å²) >= 11 is 0. The lowest BCUT2D eigenvalue weighted by atomic mass is 9.90. The van der Waals surface area contributed by atoms with Gasteiger partial charge in [0.05, 0.1) is 12.5 Å². The van der Waals surface area contributed by atoms with Gasteiger partial charge >= 0.3 is 5.63 Å². The van der Waals surface area contributed by atoms with Gasteiger partial charge in [0.25, 0.3) is 0 Å². The van der Waals surface area contributed by atoms with Crippen LogP contribution in [0.25, 0.3) is 55.3 Å². The van der Waals surface area contributed by atoms with Crippen LogP contribution in [0.1, 0.15) is 5.56 Å². The van der Waals surface area contributed by atoms with Gasteiger partial charge in [-0.2, -0.15) is 0 Å². The first-order valence-corrected chi connectivity index (χ1v) is 11.9. The second-order valence-corrected chi connectivity index (χ2v) is 8.96. The number of aryl methyl sites for hydroxylation is 1. The number of para-hydroxylation sites is 1. The number of benzene rings is 4. The predicted molar refractivity (Wildman–Crippen MR) is 147 cm³/mol. The summed E-state index contributed by atoms with van der Waals surface area (Å²) in [4.78, 5) is 17.6. The molecule has 6 aromatic rings. The lowest BCUT2D eigenvalue weighted by Gasteiger charge is -2.16.